The second-order valence-corrected chi connectivity index (χ2v) is 12.5. The van der Waals surface area contributed by atoms with Crippen molar-refractivity contribution in [3.63, 3.8) is 0 Å². The molecule has 40 heavy (non-hydrogen) atoms. The summed E-state index contributed by atoms with van der Waals surface area (Å²) in [6, 6.07) is 3.32. The third-order valence-electron chi connectivity index (χ3n) is 6.49. The molecule has 14 heteroatoms. The maximum atomic E-state index is 13.9. The van der Waals surface area contributed by atoms with Crippen LogP contribution in [0.3, 0.4) is 0 Å². The summed E-state index contributed by atoms with van der Waals surface area (Å²) in [5.74, 6) is -1.99. The van der Waals surface area contributed by atoms with Crippen molar-refractivity contribution in [3.05, 3.63) is 44.5 Å². The van der Waals surface area contributed by atoms with Gasteiger partial charge >= 0.3 is 6.03 Å². The summed E-state index contributed by atoms with van der Waals surface area (Å²) in [6.07, 6.45) is 0. The summed E-state index contributed by atoms with van der Waals surface area (Å²) in [4.78, 5) is 61.0. The van der Waals surface area contributed by atoms with Crippen LogP contribution in [0.4, 0.5) is 19.9 Å². The van der Waals surface area contributed by atoms with E-state index in [1.165, 1.54) is 41.4 Å². The van der Waals surface area contributed by atoms with E-state index in [9.17, 15) is 23.6 Å². The Morgan fingerprint density at radius 3 is 2.40 bits per heavy atom. The molecule has 0 atom stereocenters. The average Bonchev–Trinajstić information content (AvgIpc) is 3.30. The fourth-order valence-electron chi connectivity index (χ4n) is 4.01. The molecule has 2 aromatic rings. The van der Waals surface area contributed by atoms with Crippen LogP contribution in [0.2, 0.25) is 10.0 Å². The highest BCUT2D eigenvalue weighted by atomic mass is 35.5. The minimum atomic E-state index is -1.27. The number of hydrogen-bond acceptors (Lipinski definition) is 6. The summed E-state index contributed by atoms with van der Waals surface area (Å²) < 4.78 is 13.7. The van der Waals surface area contributed by atoms with E-state index in [-0.39, 0.29) is 51.3 Å². The van der Waals surface area contributed by atoms with Gasteiger partial charge in [-0.15, -0.1) is 11.3 Å². The predicted molar refractivity (Wildman–Crippen MR) is 154 cm³/mol. The first-order chi connectivity index (χ1) is 18.5. The number of carbonyl (C=O) groups excluding carboxylic acids is 4. The van der Waals surface area contributed by atoms with Crippen LogP contribution >= 0.6 is 34.5 Å². The first-order valence-electron chi connectivity index (χ1n) is 12.3. The van der Waals surface area contributed by atoms with Crippen molar-refractivity contribution in [2.45, 2.75) is 45.6 Å². The van der Waals surface area contributed by atoms with Gasteiger partial charge in [0.15, 0.2) is 0 Å². The highest BCUT2D eigenvalue weighted by Gasteiger charge is 2.45. The van der Waals surface area contributed by atoms with Gasteiger partial charge in [0.2, 0.25) is 5.91 Å². The van der Waals surface area contributed by atoms with Gasteiger partial charge in [-0.05, 0) is 37.5 Å². The third-order valence-corrected chi connectivity index (χ3v) is 8.82. The highest BCUT2D eigenvalue weighted by molar-refractivity contribution is 7.16. The molecule has 1 saturated heterocycles. The van der Waals surface area contributed by atoms with Crippen LogP contribution in [-0.2, 0) is 19.8 Å². The third kappa shape index (κ3) is 6.51. The molecule has 0 unspecified atom stereocenters. The van der Waals surface area contributed by atoms with Gasteiger partial charge in [0, 0.05) is 25.0 Å². The van der Waals surface area contributed by atoms with Crippen molar-refractivity contribution < 1.29 is 28.4 Å². The van der Waals surface area contributed by atoms with Gasteiger partial charge in [0.05, 0.1) is 28.4 Å². The number of halogens is 3. The van der Waals surface area contributed by atoms with E-state index in [2.05, 4.69) is 10.6 Å². The number of likely N-dealkylation sites (N-methyl/N-ethyl adjacent to an activating group) is 1. The number of amides is 5. The summed E-state index contributed by atoms with van der Waals surface area (Å²) in [7, 11) is 2.80. The van der Waals surface area contributed by atoms with Gasteiger partial charge in [0.25, 0.3) is 11.8 Å². The summed E-state index contributed by atoms with van der Waals surface area (Å²) >= 11 is 13.1. The lowest BCUT2D eigenvalue weighted by molar-refractivity contribution is -0.173. The molecule has 10 nitrogen and oxygen atoms in total. The quantitative estimate of drug-likeness (QED) is 0.342. The molecule has 1 aliphatic heterocycles. The Balaban J connectivity index is 1.88. The lowest BCUT2D eigenvalue weighted by Crippen LogP contribution is -2.65. The Labute approximate surface area is 246 Å². The molecule has 0 saturated carbocycles. The number of urea groups is 1. The fourth-order valence-corrected chi connectivity index (χ4v) is 5.48. The molecule has 1 aliphatic rings. The maximum Gasteiger partial charge on any atom is 0.324 e. The Kier molecular flexibility index (Phi) is 9.40. The minimum absolute atomic E-state index is 0.0857. The van der Waals surface area contributed by atoms with Crippen molar-refractivity contribution >= 4 is 69.0 Å². The monoisotopic (exact) mass is 615 g/mol. The summed E-state index contributed by atoms with van der Waals surface area (Å²) in [5, 5.41) is 6.02. The second-order valence-electron chi connectivity index (χ2n) is 10.7. The topological polar surface area (TPSA) is 111 Å². The van der Waals surface area contributed by atoms with Crippen molar-refractivity contribution in [2.75, 3.05) is 44.4 Å². The molecule has 0 spiro atoms. The van der Waals surface area contributed by atoms with Crippen LogP contribution in [0.15, 0.2) is 18.2 Å². The SMILES string of the molecule is CON(C)C(=O)CN1CCN(C(=O)c2cc(C(C)(C)C)sc2NC(=O)Nc2ccc(F)c(Cl)c2Cl)C(C)(C)C1=O. The zero-order valence-electron chi connectivity index (χ0n) is 23.3. The molecular formula is C26H32Cl2FN5O5S. The molecule has 0 radical (unpaired) electrons. The molecule has 1 aromatic carbocycles. The molecule has 2 N–H and O–H groups in total. The first-order valence-corrected chi connectivity index (χ1v) is 13.8. The minimum Gasteiger partial charge on any atom is -0.329 e. The average molecular weight is 617 g/mol. The van der Waals surface area contributed by atoms with E-state index in [4.69, 9.17) is 28.0 Å². The number of rotatable bonds is 6. The van der Waals surface area contributed by atoms with Gasteiger partial charge in [-0.1, -0.05) is 44.0 Å². The molecule has 2 heterocycles. The van der Waals surface area contributed by atoms with Gasteiger partial charge < -0.3 is 15.1 Å². The number of hydroxylamine groups is 2. The molecule has 3 rings (SSSR count). The van der Waals surface area contributed by atoms with Crippen LogP contribution in [-0.4, -0.2) is 77.9 Å². The van der Waals surface area contributed by atoms with E-state index in [0.717, 1.165) is 16.0 Å². The number of anilines is 2. The standard InChI is InChI=1S/C26H32Cl2FN5O5S/c1-25(2,3)17-12-14(21(40-17)31-24(38)30-16-9-8-15(29)19(27)20(16)28)22(36)34-11-10-33(23(37)26(34,4)5)13-18(35)32(6)39-7/h8-9,12H,10-11,13H2,1-7H3,(H2,30,31,38). The Bertz CT molecular complexity index is 1340. The van der Waals surface area contributed by atoms with Gasteiger partial charge in [0.1, 0.15) is 22.9 Å². The van der Waals surface area contributed by atoms with Crippen LogP contribution in [0.5, 0.6) is 0 Å². The number of carbonyl (C=O) groups is 4. The van der Waals surface area contributed by atoms with E-state index < -0.39 is 35.1 Å². The molecular weight excluding hydrogens is 584 g/mol. The van der Waals surface area contributed by atoms with Crippen LogP contribution in [0, 0.1) is 5.82 Å². The highest BCUT2D eigenvalue weighted by Crippen LogP contribution is 2.38. The molecule has 0 aliphatic carbocycles. The molecule has 1 aromatic heterocycles. The van der Waals surface area contributed by atoms with Crippen LogP contribution < -0.4 is 10.6 Å². The number of hydrogen-bond donors (Lipinski definition) is 2. The molecule has 5 amide bonds. The predicted octanol–water partition coefficient (Wildman–Crippen LogP) is 5.22. The molecule has 218 valence electrons. The number of nitrogens with zero attached hydrogens (tertiary/aromatic N) is 3. The zero-order valence-corrected chi connectivity index (χ0v) is 25.6. The fraction of sp³-hybridized carbons (Fsp3) is 0.462. The van der Waals surface area contributed by atoms with E-state index in [1.807, 2.05) is 20.8 Å². The van der Waals surface area contributed by atoms with Crippen molar-refractivity contribution in [2.24, 2.45) is 0 Å². The van der Waals surface area contributed by atoms with Crippen molar-refractivity contribution in [1.82, 2.24) is 14.9 Å². The van der Waals surface area contributed by atoms with E-state index in [1.54, 1.807) is 19.9 Å². The van der Waals surface area contributed by atoms with Crippen LogP contribution in [0.1, 0.15) is 49.9 Å². The lowest BCUT2D eigenvalue weighted by Gasteiger charge is -2.45. The number of piperazine rings is 1. The van der Waals surface area contributed by atoms with Gasteiger partial charge in [-0.25, -0.2) is 14.2 Å². The number of benzene rings is 1. The van der Waals surface area contributed by atoms with Crippen molar-refractivity contribution in [1.29, 1.82) is 0 Å². The van der Waals surface area contributed by atoms with Crippen LogP contribution in [0.25, 0.3) is 0 Å². The number of thiophene rings is 1. The summed E-state index contributed by atoms with van der Waals surface area (Å²) in [5.41, 5.74) is -1.33. The Morgan fingerprint density at radius 1 is 1.15 bits per heavy atom. The normalized spacial score (nSPS) is 15.2. The zero-order chi connectivity index (χ0) is 30.2. The van der Waals surface area contributed by atoms with Crippen molar-refractivity contribution in [3.8, 4) is 0 Å². The first kappa shape index (κ1) is 31.6. The second kappa shape index (κ2) is 11.9. The lowest BCUT2D eigenvalue weighted by atomic mass is 9.93. The van der Waals surface area contributed by atoms with Gasteiger partial charge in [-0.3, -0.25) is 24.5 Å². The number of nitrogens with one attached hydrogen (secondary N) is 2. The summed E-state index contributed by atoms with van der Waals surface area (Å²) in [6.45, 7) is 9.25. The van der Waals surface area contributed by atoms with E-state index in [0.29, 0.717) is 0 Å². The molecule has 1 fully saturated rings. The maximum absolute atomic E-state index is 13.9. The largest absolute Gasteiger partial charge is 0.329 e. The van der Waals surface area contributed by atoms with E-state index >= 15 is 0 Å². The van der Waals surface area contributed by atoms with Gasteiger partial charge in [-0.2, -0.15) is 0 Å². The Hall–Kier alpha value is -2.93. The molecule has 0 bridgehead atoms. The Morgan fingerprint density at radius 2 is 1.80 bits per heavy atom. The smallest absolute Gasteiger partial charge is 0.324 e.